The Balaban J connectivity index is 1.15. The molecular weight excluding hydrogens is 739 g/mol. The van der Waals surface area contributed by atoms with Crippen molar-refractivity contribution in [3.8, 4) is 83.6 Å². The van der Waals surface area contributed by atoms with Gasteiger partial charge in [-0.1, -0.05) is 171 Å². The highest BCUT2D eigenvalue weighted by Gasteiger charge is 2.37. The zero-order valence-corrected chi connectivity index (χ0v) is 34.8. The number of nitrogens with zero attached hydrogens (tertiary/aromatic N) is 1. The third-order valence-electron chi connectivity index (χ3n) is 12.6. The Hall–Kier alpha value is -7.26. The quantitative estimate of drug-likeness (QED) is 0.142. The molecule has 0 unspecified atom stereocenters. The van der Waals surface area contributed by atoms with E-state index < -0.39 is 8.07 Å². The Morgan fingerprint density at radius 1 is 0.300 bits per heavy atom. The Labute approximate surface area is 353 Å². The van der Waals surface area contributed by atoms with Crippen LogP contribution in [0.1, 0.15) is 0 Å². The van der Waals surface area contributed by atoms with E-state index >= 15 is 0 Å². The van der Waals surface area contributed by atoms with Crippen molar-refractivity contribution in [1.29, 1.82) is 0 Å². The Bertz CT molecular complexity index is 3080. The Morgan fingerprint density at radius 3 is 1.25 bits per heavy atom. The zero-order chi connectivity index (χ0) is 40.2. The molecule has 2 heteroatoms. The standard InChI is InChI=1S/C58H43NSi/c1-60(2)57-26-16-15-25-52(57)53-29-28-51(38-58(53)60)59-39-55(50-35-47(42-21-11-5-12-22-42)32-48(36-50)43-23-13-6-14-24-43)54-37-44(27-30-56(54)59)49-33-45(40-17-7-3-8-18-40)31-46(34-49)41-19-9-4-10-20-41/h3-39H,1-2H3. The zero-order valence-electron chi connectivity index (χ0n) is 33.8. The molecule has 0 bridgehead atoms. The molecule has 0 N–H and O–H groups in total. The lowest BCUT2D eigenvalue weighted by Crippen LogP contribution is -2.49. The molecule has 9 aromatic carbocycles. The topological polar surface area (TPSA) is 4.93 Å². The van der Waals surface area contributed by atoms with Crippen LogP contribution in [0.2, 0.25) is 13.1 Å². The van der Waals surface area contributed by atoms with Gasteiger partial charge in [0.25, 0.3) is 0 Å². The lowest BCUT2D eigenvalue weighted by molar-refractivity contribution is 1.13. The number of fused-ring (bicyclic) bond motifs is 4. The van der Waals surface area contributed by atoms with Crippen LogP contribution in [0.15, 0.2) is 225 Å². The van der Waals surface area contributed by atoms with Gasteiger partial charge < -0.3 is 4.57 Å². The van der Waals surface area contributed by atoms with Crippen LogP contribution in [0.3, 0.4) is 0 Å². The first-order chi connectivity index (χ1) is 29.5. The average molecular weight is 782 g/mol. The van der Waals surface area contributed by atoms with Crippen LogP contribution in [-0.4, -0.2) is 12.6 Å². The number of benzene rings is 9. The second-order valence-electron chi connectivity index (χ2n) is 16.6. The Kier molecular flexibility index (Phi) is 8.69. The van der Waals surface area contributed by atoms with Crippen molar-refractivity contribution in [2.24, 2.45) is 0 Å². The summed E-state index contributed by atoms with van der Waals surface area (Å²) in [4.78, 5) is 0. The van der Waals surface area contributed by atoms with Gasteiger partial charge in [0.2, 0.25) is 0 Å². The predicted molar refractivity (Wildman–Crippen MR) is 258 cm³/mol. The van der Waals surface area contributed by atoms with E-state index in [9.17, 15) is 0 Å². The number of aromatic nitrogens is 1. The molecule has 0 saturated heterocycles. The summed E-state index contributed by atoms with van der Waals surface area (Å²) in [5, 5.41) is 4.26. The van der Waals surface area contributed by atoms with Gasteiger partial charge in [-0.3, -0.25) is 0 Å². The molecule has 1 aromatic heterocycles. The van der Waals surface area contributed by atoms with Crippen LogP contribution in [0.5, 0.6) is 0 Å². The molecule has 0 fully saturated rings. The summed E-state index contributed by atoms with van der Waals surface area (Å²) >= 11 is 0. The second kappa shape index (κ2) is 14.5. The highest BCUT2D eigenvalue weighted by atomic mass is 28.3. The lowest BCUT2D eigenvalue weighted by Gasteiger charge is -2.19. The summed E-state index contributed by atoms with van der Waals surface area (Å²) in [7, 11) is -1.89. The van der Waals surface area contributed by atoms with Crippen molar-refractivity contribution in [2.75, 3.05) is 0 Å². The SMILES string of the molecule is C[Si]1(C)c2ccccc2-c2ccc(-n3cc(-c4cc(-c5ccccc5)cc(-c5ccccc5)c4)c4cc(-c5cc(-c6ccccc6)cc(-c6ccccc6)c5)ccc43)cc21. The molecule has 284 valence electrons. The molecule has 0 amide bonds. The van der Waals surface area contributed by atoms with E-state index in [0.717, 1.165) is 0 Å². The fourth-order valence-corrected chi connectivity index (χ4v) is 12.6. The normalized spacial score (nSPS) is 12.6. The molecule has 0 saturated carbocycles. The number of hydrogen-bond donors (Lipinski definition) is 0. The number of rotatable bonds is 7. The van der Waals surface area contributed by atoms with Gasteiger partial charge in [-0.25, -0.2) is 0 Å². The van der Waals surface area contributed by atoms with Crippen LogP contribution in [0.4, 0.5) is 0 Å². The van der Waals surface area contributed by atoms with E-state index in [1.165, 1.54) is 105 Å². The van der Waals surface area contributed by atoms with Gasteiger partial charge in [0.05, 0.1) is 5.52 Å². The van der Waals surface area contributed by atoms with E-state index in [-0.39, 0.29) is 0 Å². The molecule has 2 heterocycles. The van der Waals surface area contributed by atoms with Crippen LogP contribution >= 0.6 is 0 Å². The molecular formula is C58H43NSi. The summed E-state index contributed by atoms with van der Waals surface area (Å²) in [6.07, 6.45) is 2.39. The highest BCUT2D eigenvalue weighted by molar-refractivity contribution is 7.03. The molecule has 0 spiro atoms. The third-order valence-corrected chi connectivity index (χ3v) is 16.1. The molecule has 0 radical (unpaired) electrons. The van der Waals surface area contributed by atoms with Gasteiger partial charge in [-0.2, -0.15) is 0 Å². The lowest BCUT2D eigenvalue weighted by atomic mass is 9.91. The van der Waals surface area contributed by atoms with Crippen LogP contribution in [0.25, 0.3) is 94.5 Å². The predicted octanol–water partition coefficient (Wildman–Crippen LogP) is 14.4. The van der Waals surface area contributed by atoms with Gasteiger partial charge in [0.1, 0.15) is 8.07 Å². The molecule has 1 aliphatic rings. The van der Waals surface area contributed by atoms with E-state index in [1.807, 2.05) is 0 Å². The molecule has 0 aliphatic carbocycles. The van der Waals surface area contributed by atoms with Crippen molar-refractivity contribution in [3.05, 3.63) is 225 Å². The summed E-state index contributed by atoms with van der Waals surface area (Å²) in [6.45, 7) is 5.00. The van der Waals surface area contributed by atoms with Gasteiger partial charge >= 0.3 is 0 Å². The van der Waals surface area contributed by atoms with Gasteiger partial charge in [-0.05, 0) is 143 Å². The molecule has 11 rings (SSSR count). The van der Waals surface area contributed by atoms with Crippen LogP contribution in [-0.2, 0) is 0 Å². The summed E-state index contributed by atoms with van der Waals surface area (Å²) < 4.78 is 2.44. The van der Waals surface area contributed by atoms with Gasteiger partial charge in [0.15, 0.2) is 0 Å². The minimum Gasteiger partial charge on any atom is -0.316 e. The minimum absolute atomic E-state index is 1.19. The van der Waals surface area contributed by atoms with Crippen LogP contribution < -0.4 is 10.4 Å². The fourth-order valence-electron chi connectivity index (χ4n) is 9.46. The first-order valence-corrected chi connectivity index (χ1v) is 23.9. The third kappa shape index (κ3) is 6.25. The maximum Gasteiger partial charge on any atom is 0.113 e. The van der Waals surface area contributed by atoms with Crippen molar-refractivity contribution < 1.29 is 0 Å². The minimum atomic E-state index is -1.89. The monoisotopic (exact) mass is 781 g/mol. The first kappa shape index (κ1) is 35.9. The molecule has 1 nitrogen and oxygen atoms in total. The molecule has 0 atom stereocenters. The second-order valence-corrected chi connectivity index (χ2v) is 20.9. The highest BCUT2D eigenvalue weighted by Crippen LogP contribution is 2.41. The fraction of sp³-hybridized carbons (Fsp3) is 0.0345. The van der Waals surface area contributed by atoms with Crippen molar-refractivity contribution in [3.63, 3.8) is 0 Å². The van der Waals surface area contributed by atoms with Crippen molar-refractivity contribution in [1.82, 2.24) is 4.57 Å². The molecule has 10 aromatic rings. The maximum atomic E-state index is 2.50. The largest absolute Gasteiger partial charge is 0.316 e. The van der Waals surface area contributed by atoms with Crippen molar-refractivity contribution >= 4 is 29.4 Å². The molecule has 60 heavy (non-hydrogen) atoms. The number of hydrogen-bond acceptors (Lipinski definition) is 0. The summed E-state index contributed by atoms with van der Waals surface area (Å²) in [6, 6.07) is 80.5. The van der Waals surface area contributed by atoms with E-state index in [1.54, 1.807) is 0 Å². The smallest absolute Gasteiger partial charge is 0.113 e. The maximum absolute atomic E-state index is 2.50. The van der Waals surface area contributed by atoms with E-state index in [2.05, 4.69) is 242 Å². The summed E-state index contributed by atoms with van der Waals surface area (Å²) in [5.41, 5.74) is 19.6. The van der Waals surface area contributed by atoms with E-state index in [0.29, 0.717) is 0 Å². The first-order valence-electron chi connectivity index (χ1n) is 20.9. The Morgan fingerprint density at radius 2 is 0.733 bits per heavy atom. The van der Waals surface area contributed by atoms with Crippen molar-refractivity contribution in [2.45, 2.75) is 13.1 Å². The van der Waals surface area contributed by atoms with Crippen LogP contribution in [0, 0.1) is 0 Å². The van der Waals surface area contributed by atoms with Gasteiger partial charge in [0, 0.05) is 22.8 Å². The average Bonchev–Trinajstić information content (AvgIpc) is 3.81. The van der Waals surface area contributed by atoms with Gasteiger partial charge in [-0.15, -0.1) is 0 Å². The van der Waals surface area contributed by atoms with E-state index in [4.69, 9.17) is 0 Å². The molecule has 1 aliphatic heterocycles. The summed E-state index contributed by atoms with van der Waals surface area (Å²) in [5.74, 6) is 0.